The second-order valence-corrected chi connectivity index (χ2v) is 5.51. The van der Waals surface area contributed by atoms with Crippen LogP contribution in [0.5, 0.6) is 0 Å². The highest BCUT2D eigenvalue weighted by Crippen LogP contribution is 2.29. The molecule has 0 aliphatic heterocycles. The second kappa shape index (κ2) is 8.48. The van der Waals surface area contributed by atoms with E-state index in [0.717, 1.165) is 19.3 Å². The zero-order chi connectivity index (χ0) is 13.4. The number of aliphatic hydroxyl groups is 1. The Labute approximate surface area is 110 Å². The Balaban J connectivity index is 2.28. The minimum atomic E-state index is 0.106. The smallest absolute Gasteiger partial charge is 0.220 e. The minimum Gasteiger partial charge on any atom is -0.396 e. The van der Waals surface area contributed by atoms with Gasteiger partial charge >= 0.3 is 0 Å². The number of amides is 1. The molecule has 0 spiro atoms. The highest BCUT2D eigenvalue weighted by atomic mass is 16.3. The summed E-state index contributed by atoms with van der Waals surface area (Å²) in [5, 5.41) is 12.3. The van der Waals surface area contributed by atoms with Crippen molar-refractivity contribution in [1.29, 1.82) is 0 Å². The summed E-state index contributed by atoms with van der Waals surface area (Å²) in [7, 11) is 0. The van der Waals surface area contributed by atoms with Crippen LogP contribution in [-0.4, -0.2) is 30.7 Å². The molecule has 0 aromatic heterocycles. The van der Waals surface area contributed by atoms with Crippen LogP contribution in [0.3, 0.4) is 0 Å². The summed E-state index contributed by atoms with van der Waals surface area (Å²) in [6.45, 7) is 3.60. The highest BCUT2D eigenvalue weighted by Gasteiger charge is 2.24. The van der Waals surface area contributed by atoms with E-state index in [4.69, 9.17) is 5.73 Å². The number of carbonyl (C=O) groups excluding carboxylic acids is 1. The van der Waals surface area contributed by atoms with Crippen LogP contribution in [0.4, 0.5) is 0 Å². The van der Waals surface area contributed by atoms with Crippen molar-refractivity contribution < 1.29 is 9.90 Å². The first-order valence-electron chi connectivity index (χ1n) is 7.28. The van der Waals surface area contributed by atoms with Crippen molar-refractivity contribution in [3.05, 3.63) is 0 Å². The van der Waals surface area contributed by atoms with Crippen molar-refractivity contribution in [3.63, 3.8) is 0 Å². The molecule has 4 N–H and O–H groups in total. The van der Waals surface area contributed by atoms with Crippen molar-refractivity contribution in [2.75, 3.05) is 19.7 Å². The van der Waals surface area contributed by atoms with Crippen LogP contribution >= 0.6 is 0 Å². The summed E-state index contributed by atoms with van der Waals surface area (Å²) in [5.41, 5.74) is 5.60. The molecule has 3 unspecified atom stereocenters. The molecule has 4 heteroatoms. The molecule has 4 nitrogen and oxygen atoms in total. The molecule has 18 heavy (non-hydrogen) atoms. The zero-order valence-electron chi connectivity index (χ0n) is 11.5. The molecule has 0 aromatic carbocycles. The van der Waals surface area contributed by atoms with E-state index in [1.165, 1.54) is 12.8 Å². The van der Waals surface area contributed by atoms with Gasteiger partial charge < -0.3 is 16.2 Å². The molecule has 0 bridgehead atoms. The van der Waals surface area contributed by atoms with Gasteiger partial charge in [0, 0.05) is 19.6 Å². The molecular formula is C14H28N2O2. The van der Waals surface area contributed by atoms with E-state index in [1.807, 2.05) is 0 Å². The number of carbonyl (C=O) groups is 1. The zero-order valence-corrected chi connectivity index (χ0v) is 11.5. The number of aliphatic hydroxyl groups excluding tert-OH is 1. The lowest BCUT2D eigenvalue weighted by molar-refractivity contribution is -0.122. The first-order chi connectivity index (χ1) is 8.71. The summed E-state index contributed by atoms with van der Waals surface area (Å²) >= 11 is 0. The third-order valence-electron chi connectivity index (χ3n) is 4.25. The fourth-order valence-corrected chi connectivity index (χ4v) is 2.77. The molecule has 0 radical (unpaired) electrons. The summed E-state index contributed by atoms with van der Waals surface area (Å²) in [5.74, 6) is 1.22. The summed E-state index contributed by atoms with van der Waals surface area (Å²) in [6.07, 6.45) is 6.13. The van der Waals surface area contributed by atoms with E-state index in [0.29, 0.717) is 37.3 Å². The SMILES string of the molecule is CCC(CN)CC(=O)NCC1CCCCC1CO. The van der Waals surface area contributed by atoms with Crippen molar-refractivity contribution in [3.8, 4) is 0 Å². The van der Waals surface area contributed by atoms with E-state index < -0.39 is 0 Å². The molecule has 106 valence electrons. The van der Waals surface area contributed by atoms with Gasteiger partial charge in [0.2, 0.25) is 5.91 Å². The number of nitrogens with two attached hydrogens (primary N) is 1. The highest BCUT2D eigenvalue weighted by molar-refractivity contribution is 5.76. The normalized spacial score (nSPS) is 25.7. The predicted molar refractivity (Wildman–Crippen MR) is 73.0 cm³/mol. The average molecular weight is 256 g/mol. The third-order valence-corrected chi connectivity index (χ3v) is 4.25. The van der Waals surface area contributed by atoms with Crippen LogP contribution in [0.25, 0.3) is 0 Å². The molecule has 1 saturated carbocycles. The van der Waals surface area contributed by atoms with Crippen LogP contribution < -0.4 is 11.1 Å². The van der Waals surface area contributed by atoms with Gasteiger partial charge in [0.05, 0.1) is 0 Å². The third kappa shape index (κ3) is 4.94. The van der Waals surface area contributed by atoms with Gasteiger partial charge in [-0.1, -0.05) is 26.2 Å². The van der Waals surface area contributed by atoms with Crippen LogP contribution in [0.1, 0.15) is 45.4 Å². The molecule has 3 atom stereocenters. The van der Waals surface area contributed by atoms with Gasteiger partial charge in [0.15, 0.2) is 0 Å². The lowest BCUT2D eigenvalue weighted by Crippen LogP contribution is -2.36. The fourth-order valence-electron chi connectivity index (χ4n) is 2.77. The van der Waals surface area contributed by atoms with Gasteiger partial charge in [-0.2, -0.15) is 0 Å². The van der Waals surface area contributed by atoms with Gasteiger partial charge in [0.25, 0.3) is 0 Å². The minimum absolute atomic E-state index is 0.106. The van der Waals surface area contributed by atoms with Crippen molar-refractivity contribution >= 4 is 5.91 Å². The number of hydrogen-bond acceptors (Lipinski definition) is 3. The molecule has 0 saturated heterocycles. The molecule has 1 rings (SSSR count). The van der Waals surface area contributed by atoms with Crippen molar-refractivity contribution in [2.24, 2.45) is 23.5 Å². The van der Waals surface area contributed by atoms with Crippen LogP contribution in [0, 0.1) is 17.8 Å². The van der Waals surface area contributed by atoms with Crippen LogP contribution in [0.2, 0.25) is 0 Å². The Morgan fingerprint density at radius 3 is 2.61 bits per heavy atom. The lowest BCUT2D eigenvalue weighted by Gasteiger charge is -2.30. The fraction of sp³-hybridized carbons (Fsp3) is 0.929. The van der Waals surface area contributed by atoms with E-state index in [2.05, 4.69) is 12.2 Å². The van der Waals surface area contributed by atoms with Gasteiger partial charge in [0.1, 0.15) is 0 Å². The van der Waals surface area contributed by atoms with Gasteiger partial charge in [-0.15, -0.1) is 0 Å². The molecule has 1 aliphatic carbocycles. The predicted octanol–water partition coefficient (Wildman–Crippen LogP) is 1.28. The summed E-state index contributed by atoms with van der Waals surface area (Å²) in [4.78, 5) is 11.8. The van der Waals surface area contributed by atoms with E-state index in [-0.39, 0.29) is 12.5 Å². The second-order valence-electron chi connectivity index (χ2n) is 5.51. The average Bonchev–Trinajstić information content (AvgIpc) is 2.42. The number of hydrogen-bond donors (Lipinski definition) is 3. The Kier molecular flexibility index (Phi) is 7.28. The monoisotopic (exact) mass is 256 g/mol. The quantitative estimate of drug-likeness (QED) is 0.642. The number of nitrogens with one attached hydrogen (secondary N) is 1. The van der Waals surface area contributed by atoms with Gasteiger partial charge in [-0.05, 0) is 37.1 Å². The van der Waals surface area contributed by atoms with Crippen LogP contribution in [0.15, 0.2) is 0 Å². The topological polar surface area (TPSA) is 75.4 Å². The molecular weight excluding hydrogens is 228 g/mol. The van der Waals surface area contributed by atoms with Crippen molar-refractivity contribution in [2.45, 2.75) is 45.4 Å². The Bertz CT molecular complexity index is 242. The molecule has 1 fully saturated rings. The standard InChI is InChI=1S/C14H28N2O2/c1-2-11(8-15)7-14(18)16-9-12-5-3-4-6-13(12)10-17/h11-13,17H,2-10,15H2,1H3,(H,16,18). The maximum Gasteiger partial charge on any atom is 0.220 e. The van der Waals surface area contributed by atoms with E-state index >= 15 is 0 Å². The number of rotatable bonds is 7. The lowest BCUT2D eigenvalue weighted by atomic mass is 9.79. The molecule has 0 aromatic rings. The largest absolute Gasteiger partial charge is 0.396 e. The molecule has 1 aliphatic rings. The Hall–Kier alpha value is -0.610. The van der Waals surface area contributed by atoms with Gasteiger partial charge in [-0.3, -0.25) is 4.79 Å². The van der Waals surface area contributed by atoms with Gasteiger partial charge in [-0.25, -0.2) is 0 Å². The maximum atomic E-state index is 11.8. The van der Waals surface area contributed by atoms with Crippen LogP contribution in [-0.2, 0) is 4.79 Å². The first-order valence-corrected chi connectivity index (χ1v) is 7.28. The summed E-state index contributed by atoms with van der Waals surface area (Å²) in [6, 6.07) is 0. The Morgan fingerprint density at radius 2 is 2.06 bits per heavy atom. The van der Waals surface area contributed by atoms with Crippen molar-refractivity contribution in [1.82, 2.24) is 5.32 Å². The first kappa shape index (κ1) is 15.4. The molecule has 0 heterocycles. The van der Waals surface area contributed by atoms with E-state index in [1.54, 1.807) is 0 Å². The maximum absolute atomic E-state index is 11.8. The Morgan fingerprint density at radius 1 is 1.39 bits per heavy atom. The van der Waals surface area contributed by atoms with E-state index in [9.17, 15) is 9.90 Å². The molecule has 1 amide bonds. The summed E-state index contributed by atoms with van der Waals surface area (Å²) < 4.78 is 0.